The maximum absolute atomic E-state index is 12.6. The number of hydrogen-bond acceptors (Lipinski definition) is 3. The molecule has 1 heterocycles. The Kier molecular flexibility index (Phi) is 6.44. The standard InChI is InChI=1S/C20H13BrClF3N2O2/c21-14-7-5-12(18(9-14)29-20(23,24)25)10-27-19(28)13-6-8-17(26-11-13)15-3-1-2-4-16(15)22/h1-9,11H,10H2,(H,27,28). The van der Waals surface area contributed by atoms with Gasteiger partial charge in [0.15, 0.2) is 0 Å². The minimum absolute atomic E-state index is 0.149. The van der Waals surface area contributed by atoms with Gasteiger partial charge in [-0.2, -0.15) is 0 Å². The first-order chi connectivity index (χ1) is 13.7. The molecule has 0 saturated heterocycles. The molecule has 29 heavy (non-hydrogen) atoms. The summed E-state index contributed by atoms with van der Waals surface area (Å²) in [6.07, 6.45) is -3.46. The number of ether oxygens (including phenoxy) is 1. The summed E-state index contributed by atoms with van der Waals surface area (Å²) in [7, 11) is 0. The predicted octanol–water partition coefficient (Wildman–Crippen LogP) is 5.99. The van der Waals surface area contributed by atoms with Crippen LogP contribution in [0.4, 0.5) is 13.2 Å². The van der Waals surface area contributed by atoms with Crippen LogP contribution in [-0.2, 0) is 6.54 Å². The van der Waals surface area contributed by atoms with E-state index < -0.39 is 12.3 Å². The van der Waals surface area contributed by atoms with E-state index in [4.69, 9.17) is 11.6 Å². The maximum Gasteiger partial charge on any atom is 0.573 e. The normalized spacial score (nSPS) is 11.2. The van der Waals surface area contributed by atoms with Crippen molar-refractivity contribution in [3.8, 4) is 17.0 Å². The van der Waals surface area contributed by atoms with Crippen LogP contribution in [0.3, 0.4) is 0 Å². The average Bonchev–Trinajstić information content (AvgIpc) is 2.66. The Balaban J connectivity index is 1.71. The van der Waals surface area contributed by atoms with Gasteiger partial charge in [-0.3, -0.25) is 9.78 Å². The lowest BCUT2D eigenvalue weighted by atomic mass is 10.1. The molecule has 0 aliphatic carbocycles. The highest BCUT2D eigenvalue weighted by Gasteiger charge is 2.32. The lowest BCUT2D eigenvalue weighted by Gasteiger charge is -2.14. The molecule has 0 bridgehead atoms. The second-order valence-corrected chi connectivity index (χ2v) is 7.22. The van der Waals surface area contributed by atoms with Gasteiger partial charge in [-0.25, -0.2) is 0 Å². The summed E-state index contributed by atoms with van der Waals surface area (Å²) in [6, 6.07) is 14.6. The van der Waals surface area contributed by atoms with Crippen molar-refractivity contribution in [1.29, 1.82) is 0 Å². The summed E-state index contributed by atoms with van der Waals surface area (Å²) >= 11 is 9.24. The van der Waals surface area contributed by atoms with Gasteiger partial charge in [0.05, 0.1) is 11.3 Å². The quantitative estimate of drug-likeness (QED) is 0.483. The highest BCUT2D eigenvalue weighted by atomic mass is 79.9. The van der Waals surface area contributed by atoms with Crippen LogP contribution in [0.15, 0.2) is 65.3 Å². The third-order valence-electron chi connectivity index (χ3n) is 3.87. The van der Waals surface area contributed by atoms with Crippen LogP contribution in [0.5, 0.6) is 5.75 Å². The summed E-state index contributed by atoms with van der Waals surface area (Å²) < 4.78 is 42.2. The van der Waals surface area contributed by atoms with E-state index in [1.54, 1.807) is 36.4 Å². The van der Waals surface area contributed by atoms with Crippen LogP contribution in [0, 0.1) is 0 Å². The molecule has 3 aromatic rings. The largest absolute Gasteiger partial charge is 0.573 e. The van der Waals surface area contributed by atoms with Gasteiger partial charge in [0.1, 0.15) is 5.75 Å². The molecule has 0 aliphatic heterocycles. The summed E-state index contributed by atoms with van der Waals surface area (Å²) in [4.78, 5) is 16.6. The molecule has 1 amide bonds. The fraction of sp³-hybridized carbons (Fsp3) is 0.100. The molecule has 0 fully saturated rings. The Morgan fingerprint density at radius 3 is 2.55 bits per heavy atom. The van der Waals surface area contributed by atoms with Crippen LogP contribution >= 0.6 is 27.5 Å². The number of alkyl halides is 3. The predicted molar refractivity (Wildman–Crippen MR) is 107 cm³/mol. The van der Waals surface area contributed by atoms with Crippen molar-refractivity contribution < 1.29 is 22.7 Å². The molecular weight excluding hydrogens is 473 g/mol. The van der Waals surface area contributed by atoms with Crippen LogP contribution in [0.25, 0.3) is 11.3 Å². The Bertz CT molecular complexity index is 1030. The number of hydrogen-bond donors (Lipinski definition) is 1. The third kappa shape index (κ3) is 5.71. The lowest BCUT2D eigenvalue weighted by Crippen LogP contribution is -2.24. The number of benzene rings is 2. The van der Waals surface area contributed by atoms with E-state index in [9.17, 15) is 18.0 Å². The van der Waals surface area contributed by atoms with E-state index in [0.29, 0.717) is 15.2 Å². The Hall–Kier alpha value is -2.58. The van der Waals surface area contributed by atoms with E-state index in [2.05, 4.69) is 31.0 Å². The van der Waals surface area contributed by atoms with Gasteiger partial charge in [-0.1, -0.05) is 51.8 Å². The van der Waals surface area contributed by atoms with E-state index in [-0.39, 0.29) is 23.4 Å². The minimum atomic E-state index is -4.84. The zero-order valence-corrected chi connectivity index (χ0v) is 17.0. The molecule has 0 unspecified atom stereocenters. The molecule has 0 aliphatic rings. The van der Waals surface area contributed by atoms with E-state index in [1.807, 2.05) is 6.07 Å². The molecular formula is C20H13BrClF3N2O2. The van der Waals surface area contributed by atoms with Crippen LogP contribution in [0.2, 0.25) is 5.02 Å². The molecule has 0 spiro atoms. The van der Waals surface area contributed by atoms with Gasteiger partial charge in [0, 0.05) is 33.4 Å². The molecule has 1 aromatic heterocycles. The number of amides is 1. The molecule has 150 valence electrons. The van der Waals surface area contributed by atoms with E-state index in [1.165, 1.54) is 18.3 Å². The topological polar surface area (TPSA) is 51.2 Å². The monoisotopic (exact) mass is 484 g/mol. The number of nitrogens with one attached hydrogen (secondary N) is 1. The SMILES string of the molecule is O=C(NCc1ccc(Br)cc1OC(F)(F)F)c1ccc(-c2ccccc2Cl)nc1. The second-order valence-electron chi connectivity index (χ2n) is 5.89. The van der Waals surface area contributed by atoms with Crippen molar-refractivity contribution in [3.63, 3.8) is 0 Å². The van der Waals surface area contributed by atoms with Crippen LogP contribution in [-0.4, -0.2) is 17.3 Å². The minimum Gasteiger partial charge on any atom is -0.405 e. The van der Waals surface area contributed by atoms with Gasteiger partial charge in [-0.15, -0.1) is 13.2 Å². The number of pyridine rings is 1. The molecule has 9 heteroatoms. The third-order valence-corrected chi connectivity index (χ3v) is 4.69. The van der Waals surface area contributed by atoms with Crippen LogP contribution < -0.4 is 10.1 Å². The fourth-order valence-corrected chi connectivity index (χ4v) is 3.10. The highest BCUT2D eigenvalue weighted by Crippen LogP contribution is 2.29. The highest BCUT2D eigenvalue weighted by molar-refractivity contribution is 9.10. The first kappa shape index (κ1) is 21.1. The Labute approximate surface area is 177 Å². The first-order valence-electron chi connectivity index (χ1n) is 8.26. The van der Waals surface area contributed by atoms with E-state index >= 15 is 0 Å². The summed E-state index contributed by atoms with van der Waals surface area (Å²) in [5.41, 5.74) is 1.77. The second kappa shape index (κ2) is 8.84. The Morgan fingerprint density at radius 2 is 1.90 bits per heavy atom. The fourth-order valence-electron chi connectivity index (χ4n) is 2.53. The zero-order valence-electron chi connectivity index (χ0n) is 14.6. The van der Waals surface area contributed by atoms with E-state index in [0.717, 1.165) is 5.56 Å². The number of aromatic nitrogens is 1. The van der Waals surface area contributed by atoms with Crippen LogP contribution in [0.1, 0.15) is 15.9 Å². The molecule has 0 radical (unpaired) electrons. The Morgan fingerprint density at radius 1 is 1.14 bits per heavy atom. The number of nitrogens with zero attached hydrogens (tertiary/aromatic N) is 1. The smallest absolute Gasteiger partial charge is 0.405 e. The van der Waals surface area contributed by atoms with Gasteiger partial charge < -0.3 is 10.1 Å². The summed E-state index contributed by atoms with van der Waals surface area (Å²) in [5.74, 6) is -0.872. The van der Waals surface area contributed by atoms with Crippen molar-refractivity contribution in [2.24, 2.45) is 0 Å². The summed E-state index contributed by atoms with van der Waals surface area (Å²) in [6.45, 7) is -0.149. The maximum atomic E-state index is 12.6. The lowest BCUT2D eigenvalue weighted by molar-refractivity contribution is -0.274. The molecule has 3 rings (SSSR count). The summed E-state index contributed by atoms with van der Waals surface area (Å²) in [5, 5.41) is 3.10. The molecule has 0 saturated carbocycles. The van der Waals surface area contributed by atoms with Gasteiger partial charge in [0.2, 0.25) is 0 Å². The molecule has 1 N–H and O–H groups in total. The number of carbonyl (C=O) groups is 1. The number of halogens is 5. The number of carbonyl (C=O) groups excluding carboxylic acids is 1. The average molecular weight is 486 g/mol. The van der Waals surface area contributed by atoms with Crippen molar-refractivity contribution in [2.45, 2.75) is 12.9 Å². The molecule has 2 aromatic carbocycles. The van der Waals surface area contributed by atoms with Crippen molar-refractivity contribution in [1.82, 2.24) is 10.3 Å². The van der Waals surface area contributed by atoms with Crippen molar-refractivity contribution in [3.05, 3.63) is 81.4 Å². The van der Waals surface area contributed by atoms with Crippen molar-refractivity contribution in [2.75, 3.05) is 0 Å². The first-order valence-corrected chi connectivity index (χ1v) is 9.43. The molecule has 0 atom stereocenters. The van der Waals surface area contributed by atoms with Gasteiger partial charge in [-0.05, 0) is 30.3 Å². The number of rotatable bonds is 5. The van der Waals surface area contributed by atoms with Gasteiger partial charge in [0.25, 0.3) is 5.91 Å². The van der Waals surface area contributed by atoms with Gasteiger partial charge >= 0.3 is 6.36 Å². The van der Waals surface area contributed by atoms with Crippen molar-refractivity contribution >= 4 is 33.4 Å². The zero-order chi connectivity index (χ0) is 21.0. The molecule has 4 nitrogen and oxygen atoms in total.